The van der Waals surface area contributed by atoms with Crippen LogP contribution in [0.5, 0.6) is 0 Å². The predicted octanol–water partition coefficient (Wildman–Crippen LogP) is 1.29. The van der Waals surface area contributed by atoms with E-state index in [-0.39, 0.29) is 4.90 Å². The first-order valence-electron chi connectivity index (χ1n) is 5.43. The average molecular weight is 298 g/mol. The van der Waals surface area contributed by atoms with Gasteiger partial charge in [-0.2, -0.15) is 0 Å². The molecule has 2 aromatic rings. The lowest BCUT2D eigenvalue weighted by atomic mass is 10.3. The third kappa shape index (κ3) is 3.66. The van der Waals surface area contributed by atoms with Gasteiger partial charge in [-0.3, -0.25) is 0 Å². The molecule has 5 N–H and O–H groups in total. The molecule has 8 heteroatoms. The lowest BCUT2D eigenvalue weighted by molar-refractivity contribution is 0.598. The van der Waals surface area contributed by atoms with E-state index in [0.717, 1.165) is 9.88 Å². The highest BCUT2D eigenvalue weighted by Gasteiger charge is 2.10. The van der Waals surface area contributed by atoms with Crippen molar-refractivity contribution in [1.82, 2.24) is 4.98 Å². The van der Waals surface area contributed by atoms with Crippen LogP contribution >= 0.6 is 11.3 Å². The minimum atomic E-state index is -3.76. The van der Waals surface area contributed by atoms with Crippen molar-refractivity contribution in [2.24, 2.45) is 5.14 Å². The van der Waals surface area contributed by atoms with Gasteiger partial charge in [-0.05, 0) is 25.1 Å². The van der Waals surface area contributed by atoms with E-state index in [2.05, 4.69) is 10.3 Å². The minimum Gasteiger partial charge on any atom is -0.399 e. The fourth-order valence-corrected chi connectivity index (χ4v) is 2.89. The summed E-state index contributed by atoms with van der Waals surface area (Å²) in [6.45, 7) is 2.48. The topological polar surface area (TPSA) is 111 Å². The Morgan fingerprint density at radius 2 is 2.11 bits per heavy atom. The summed E-state index contributed by atoms with van der Waals surface area (Å²) in [6, 6.07) is 4.44. The van der Waals surface area contributed by atoms with Crippen molar-refractivity contribution in [3.05, 3.63) is 34.3 Å². The number of primary sulfonamides is 1. The Bertz CT molecular complexity index is 694. The molecule has 0 saturated carbocycles. The lowest BCUT2D eigenvalue weighted by Gasteiger charge is -2.08. The van der Waals surface area contributed by atoms with Gasteiger partial charge in [0.25, 0.3) is 0 Å². The molecule has 1 heterocycles. The van der Waals surface area contributed by atoms with Crippen LogP contribution in [-0.2, 0) is 16.6 Å². The van der Waals surface area contributed by atoms with Crippen molar-refractivity contribution in [1.29, 1.82) is 0 Å². The normalized spacial score (nSPS) is 11.5. The molecular formula is C11H14N4O2S2. The summed E-state index contributed by atoms with van der Waals surface area (Å²) in [7, 11) is -3.76. The van der Waals surface area contributed by atoms with Gasteiger partial charge in [0.05, 0.1) is 16.4 Å². The summed E-state index contributed by atoms with van der Waals surface area (Å²) in [4.78, 5) is 5.19. The van der Waals surface area contributed by atoms with E-state index in [1.807, 2.05) is 6.92 Å². The number of aryl methyl sites for hydroxylation is 1. The van der Waals surface area contributed by atoms with E-state index in [4.69, 9.17) is 10.9 Å². The number of anilines is 2. The highest BCUT2D eigenvalue weighted by molar-refractivity contribution is 7.89. The van der Waals surface area contributed by atoms with E-state index in [9.17, 15) is 8.42 Å². The van der Waals surface area contributed by atoms with E-state index in [1.165, 1.54) is 12.1 Å². The largest absolute Gasteiger partial charge is 0.399 e. The lowest BCUT2D eigenvalue weighted by Crippen LogP contribution is -2.13. The third-order valence-electron chi connectivity index (χ3n) is 2.39. The van der Waals surface area contributed by atoms with Crippen LogP contribution in [0.15, 0.2) is 29.3 Å². The molecule has 2 rings (SSSR count). The van der Waals surface area contributed by atoms with Gasteiger partial charge in [0.15, 0.2) is 0 Å². The smallest absolute Gasteiger partial charge is 0.238 e. The molecule has 0 radical (unpaired) electrons. The zero-order valence-corrected chi connectivity index (χ0v) is 11.9. The van der Waals surface area contributed by atoms with Gasteiger partial charge < -0.3 is 11.1 Å². The molecule has 0 fully saturated rings. The van der Waals surface area contributed by atoms with Gasteiger partial charge in [-0.25, -0.2) is 18.5 Å². The molecule has 0 aliphatic carbocycles. The fraction of sp³-hybridized carbons (Fsp3) is 0.182. The first kappa shape index (κ1) is 13.8. The molecular weight excluding hydrogens is 284 g/mol. The van der Waals surface area contributed by atoms with Gasteiger partial charge in [-0.1, -0.05) is 0 Å². The standard InChI is InChI=1S/C11H14N4O2S2/c1-7-14-5-10(18-7)6-15-9-2-8(12)3-11(4-9)19(13,16)17/h2-5,15H,6,12H2,1H3,(H2,13,16,17). The molecule has 1 aromatic carbocycles. The van der Waals surface area contributed by atoms with Crippen LogP contribution in [0.2, 0.25) is 0 Å². The summed E-state index contributed by atoms with van der Waals surface area (Å²) in [5.41, 5.74) is 6.61. The number of nitrogens with one attached hydrogen (secondary N) is 1. The number of nitrogens with zero attached hydrogens (tertiary/aromatic N) is 1. The molecule has 0 spiro atoms. The van der Waals surface area contributed by atoms with Crippen molar-refractivity contribution < 1.29 is 8.42 Å². The summed E-state index contributed by atoms with van der Waals surface area (Å²) in [5, 5.41) is 9.17. The van der Waals surface area contributed by atoms with Crippen molar-refractivity contribution >= 4 is 32.7 Å². The van der Waals surface area contributed by atoms with Crippen LogP contribution in [0.1, 0.15) is 9.88 Å². The first-order valence-corrected chi connectivity index (χ1v) is 7.79. The van der Waals surface area contributed by atoms with Gasteiger partial charge in [-0.15, -0.1) is 11.3 Å². The van der Waals surface area contributed by atoms with Crippen molar-refractivity contribution in [3.63, 3.8) is 0 Å². The number of sulfonamides is 1. The zero-order chi connectivity index (χ0) is 14.0. The van der Waals surface area contributed by atoms with Crippen LogP contribution in [0.3, 0.4) is 0 Å². The Morgan fingerprint density at radius 1 is 1.37 bits per heavy atom. The maximum absolute atomic E-state index is 11.3. The molecule has 1 aromatic heterocycles. The number of hydrogen-bond donors (Lipinski definition) is 3. The Labute approximate surface area is 115 Å². The highest BCUT2D eigenvalue weighted by Crippen LogP contribution is 2.21. The van der Waals surface area contributed by atoms with Gasteiger partial charge in [0.2, 0.25) is 10.0 Å². The molecule has 0 saturated heterocycles. The zero-order valence-electron chi connectivity index (χ0n) is 10.3. The third-order valence-corrected chi connectivity index (χ3v) is 4.20. The molecule has 0 aliphatic rings. The van der Waals surface area contributed by atoms with E-state index < -0.39 is 10.0 Å². The van der Waals surface area contributed by atoms with Gasteiger partial charge >= 0.3 is 0 Å². The second-order valence-electron chi connectivity index (χ2n) is 4.03. The van der Waals surface area contributed by atoms with Crippen LogP contribution in [-0.4, -0.2) is 13.4 Å². The molecule has 0 amide bonds. The van der Waals surface area contributed by atoms with Crippen LogP contribution in [0.25, 0.3) is 0 Å². The van der Waals surface area contributed by atoms with Crippen molar-refractivity contribution in [2.75, 3.05) is 11.1 Å². The molecule has 0 bridgehead atoms. The van der Waals surface area contributed by atoms with Crippen LogP contribution < -0.4 is 16.2 Å². The Balaban J connectivity index is 2.19. The quantitative estimate of drug-likeness (QED) is 0.737. The van der Waals surface area contributed by atoms with E-state index >= 15 is 0 Å². The number of rotatable bonds is 4. The number of nitrogen functional groups attached to an aromatic ring is 1. The van der Waals surface area contributed by atoms with Crippen molar-refractivity contribution in [3.8, 4) is 0 Å². The molecule has 102 valence electrons. The second-order valence-corrected chi connectivity index (χ2v) is 6.92. The highest BCUT2D eigenvalue weighted by atomic mass is 32.2. The minimum absolute atomic E-state index is 0.00418. The Morgan fingerprint density at radius 3 is 2.68 bits per heavy atom. The number of aromatic nitrogens is 1. The Kier molecular flexibility index (Phi) is 3.74. The molecule has 19 heavy (non-hydrogen) atoms. The average Bonchev–Trinajstić information content (AvgIpc) is 2.71. The van der Waals surface area contributed by atoms with Gasteiger partial charge in [0, 0.05) is 22.4 Å². The second kappa shape index (κ2) is 5.16. The maximum atomic E-state index is 11.3. The summed E-state index contributed by atoms with van der Waals surface area (Å²) in [5.74, 6) is 0. The summed E-state index contributed by atoms with van der Waals surface area (Å²) in [6.07, 6.45) is 1.78. The predicted molar refractivity (Wildman–Crippen MR) is 76.4 cm³/mol. The first-order chi connectivity index (χ1) is 8.84. The molecule has 0 atom stereocenters. The molecule has 0 unspecified atom stereocenters. The molecule has 6 nitrogen and oxygen atoms in total. The number of nitrogens with two attached hydrogens (primary N) is 2. The van der Waals surface area contributed by atoms with E-state index in [0.29, 0.717) is 17.9 Å². The fourth-order valence-electron chi connectivity index (χ4n) is 1.56. The summed E-state index contributed by atoms with van der Waals surface area (Å²) >= 11 is 1.57. The Hall–Kier alpha value is -1.64. The monoisotopic (exact) mass is 298 g/mol. The summed E-state index contributed by atoms with van der Waals surface area (Å²) < 4.78 is 22.6. The van der Waals surface area contributed by atoms with Crippen LogP contribution in [0, 0.1) is 6.92 Å². The number of hydrogen-bond acceptors (Lipinski definition) is 6. The SMILES string of the molecule is Cc1ncc(CNc2cc(N)cc(S(N)(=O)=O)c2)s1. The van der Waals surface area contributed by atoms with Crippen LogP contribution in [0.4, 0.5) is 11.4 Å². The molecule has 0 aliphatic heterocycles. The van der Waals surface area contributed by atoms with Crippen molar-refractivity contribution in [2.45, 2.75) is 18.4 Å². The number of thiazole rings is 1. The maximum Gasteiger partial charge on any atom is 0.238 e. The van der Waals surface area contributed by atoms with Gasteiger partial charge in [0.1, 0.15) is 0 Å². The number of benzene rings is 1. The van der Waals surface area contributed by atoms with E-state index in [1.54, 1.807) is 23.6 Å².